The van der Waals surface area contributed by atoms with Crippen molar-refractivity contribution in [3.05, 3.63) is 90.0 Å². The third kappa shape index (κ3) is 3.91. The molecule has 142 valence electrons. The molecule has 1 heterocycles. The monoisotopic (exact) mass is 383 g/mol. The molecule has 0 fully saturated rings. The molecule has 1 aromatic heterocycles. The van der Waals surface area contributed by atoms with Gasteiger partial charge in [0, 0.05) is 10.9 Å². The number of carbonyl (C=O) groups excluding carboxylic acids is 1. The molecular formula is C23H17N3O3. The normalized spacial score (nSPS) is 11.0. The van der Waals surface area contributed by atoms with E-state index in [1.165, 1.54) is 18.3 Å². The minimum absolute atomic E-state index is 0.220. The highest BCUT2D eigenvalue weighted by Gasteiger charge is 2.13. The molecule has 0 radical (unpaired) electrons. The molecule has 0 spiro atoms. The van der Waals surface area contributed by atoms with Crippen molar-refractivity contribution in [2.24, 2.45) is 5.10 Å². The van der Waals surface area contributed by atoms with Gasteiger partial charge in [-0.25, -0.2) is 10.4 Å². The molecule has 29 heavy (non-hydrogen) atoms. The van der Waals surface area contributed by atoms with Crippen molar-refractivity contribution in [2.45, 2.75) is 0 Å². The van der Waals surface area contributed by atoms with Crippen LogP contribution in [0.5, 0.6) is 11.5 Å². The lowest BCUT2D eigenvalue weighted by atomic mass is 10.0. The molecule has 6 nitrogen and oxygen atoms in total. The Kier molecular flexibility index (Phi) is 4.90. The van der Waals surface area contributed by atoms with Crippen LogP contribution in [0.1, 0.15) is 15.9 Å². The van der Waals surface area contributed by atoms with Gasteiger partial charge in [0.15, 0.2) is 11.5 Å². The fourth-order valence-electron chi connectivity index (χ4n) is 2.97. The number of nitrogens with one attached hydrogen (secondary N) is 1. The lowest BCUT2D eigenvalue weighted by Gasteiger charge is -2.09. The summed E-state index contributed by atoms with van der Waals surface area (Å²) in [5, 5.41) is 23.6. The van der Waals surface area contributed by atoms with E-state index < -0.39 is 0 Å². The van der Waals surface area contributed by atoms with Gasteiger partial charge in [-0.1, -0.05) is 48.5 Å². The summed E-state index contributed by atoms with van der Waals surface area (Å²) in [6, 6.07) is 23.1. The Morgan fingerprint density at radius 2 is 1.66 bits per heavy atom. The third-order valence-corrected chi connectivity index (χ3v) is 4.41. The molecule has 4 aromatic rings. The van der Waals surface area contributed by atoms with Crippen molar-refractivity contribution in [3.8, 4) is 22.8 Å². The Labute approximate surface area is 166 Å². The van der Waals surface area contributed by atoms with E-state index in [4.69, 9.17) is 0 Å². The largest absolute Gasteiger partial charge is 0.504 e. The number of fused-ring (bicyclic) bond motifs is 1. The van der Waals surface area contributed by atoms with Gasteiger partial charge < -0.3 is 10.2 Å². The van der Waals surface area contributed by atoms with Crippen LogP contribution in [0, 0.1) is 0 Å². The number of aromatic nitrogens is 1. The van der Waals surface area contributed by atoms with Crippen molar-refractivity contribution < 1.29 is 15.0 Å². The van der Waals surface area contributed by atoms with Crippen molar-refractivity contribution >= 4 is 23.0 Å². The summed E-state index contributed by atoms with van der Waals surface area (Å²) in [5.41, 5.74) is 5.82. The van der Waals surface area contributed by atoms with Crippen molar-refractivity contribution in [3.63, 3.8) is 0 Å². The second-order valence-corrected chi connectivity index (χ2v) is 6.39. The molecule has 0 aliphatic rings. The molecule has 0 aliphatic heterocycles. The number of nitrogens with zero attached hydrogens (tertiary/aromatic N) is 2. The predicted molar refractivity (Wildman–Crippen MR) is 112 cm³/mol. The highest BCUT2D eigenvalue weighted by Crippen LogP contribution is 2.25. The lowest BCUT2D eigenvalue weighted by molar-refractivity contribution is 0.0956. The second kappa shape index (κ2) is 7.82. The van der Waals surface area contributed by atoms with E-state index in [0.717, 1.165) is 10.9 Å². The number of benzene rings is 3. The summed E-state index contributed by atoms with van der Waals surface area (Å²) in [6.07, 6.45) is 1.39. The van der Waals surface area contributed by atoms with Crippen LogP contribution in [0.25, 0.3) is 22.2 Å². The van der Waals surface area contributed by atoms with Gasteiger partial charge in [0.1, 0.15) is 0 Å². The Hall–Kier alpha value is -4.19. The number of hydrogen-bond acceptors (Lipinski definition) is 5. The number of phenolic OH excluding ortho intramolecular Hbond substituents is 2. The number of rotatable bonds is 4. The Balaban J connectivity index is 1.66. The zero-order chi connectivity index (χ0) is 20.2. The standard InChI is InChI=1S/C23H17N3O3/c27-21-11-10-15(12-22(21)28)14-24-26-23(29)18-13-20(16-6-2-1-3-7-16)25-19-9-5-4-8-17(18)19/h1-14,27-28H,(H,26,29)/b24-14+. The van der Waals surface area contributed by atoms with E-state index in [-0.39, 0.29) is 17.4 Å². The summed E-state index contributed by atoms with van der Waals surface area (Å²) in [5.74, 6) is -0.851. The SMILES string of the molecule is O=C(N/N=C/c1ccc(O)c(O)c1)c1cc(-c2ccccc2)nc2ccccc12. The van der Waals surface area contributed by atoms with E-state index in [9.17, 15) is 15.0 Å². The number of hydrogen-bond donors (Lipinski definition) is 3. The van der Waals surface area contributed by atoms with Crippen LogP contribution in [0.15, 0.2) is 84.0 Å². The molecule has 0 bridgehead atoms. The predicted octanol–water partition coefficient (Wildman–Crippen LogP) is 4.08. The lowest BCUT2D eigenvalue weighted by Crippen LogP contribution is -2.18. The molecule has 0 atom stereocenters. The number of phenols is 2. The zero-order valence-corrected chi connectivity index (χ0v) is 15.3. The van der Waals surface area contributed by atoms with Gasteiger partial charge in [0.05, 0.1) is 23.0 Å². The number of hydrazone groups is 1. The van der Waals surface area contributed by atoms with Crippen LogP contribution < -0.4 is 5.43 Å². The summed E-state index contributed by atoms with van der Waals surface area (Å²) < 4.78 is 0. The summed E-state index contributed by atoms with van der Waals surface area (Å²) in [7, 11) is 0. The second-order valence-electron chi connectivity index (χ2n) is 6.39. The fraction of sp³-hybridized carbons (Fsp3) is 0. The van der Waals surface area contributed by atoms with E-state index >= 15 is 0 Å². The number of pyridine rings is 1. The van der Waals surface area contributed by atoms with Crippen LogP contribution >= 0.6 is 0 Å². The molecule has 3 N–H and O–H groups in total. The molecule has 4 rings (SSSR count). The van der Waals surface area contributed by atoms with Crippen LogP contribution in [-0.2, 0) is 0 Å². The Bertz CT molecular complexity index is 1220. The highest BCUT2D eigenvalue weighted by molar-refractivity contribution is 6.07. The Morgan fingerprint density at radius 3 is 2.45 bits per heavy atom. The zero-order valence-electron chi connectivity index (χ0n) is 15.3. The topological polar surface area (TPSA) is 94.8 Å². The van der Waals surface area contributed by atoms with Crippen LogP contribution in [0.2, 0.25) is 0 Å². The number of aromatic hydroxyl groups is 2. The highest BCUT2D eigenvalue weighted by atomic mass is 16.3. The van der Waals surface area contributed by atoms with Crippen LogP contribution in [0.4, 0.5) is 0 Å². The van der Waals surface area contributed by atoms with Crippen molar-refractivity contribution in [2.75, 3.05) is 0 Å². The quantitative estimate of drug-likeness (QED) is 0.281. The number of carbonyl (C=O) groups is 1. The van der Waals surface area contributed by atoms with Gasteiger partial charge in [0.2, 0.25) is 0 Å². The van der Waals surface area contributed by atoms with E-state index in [0.29, 0.717) is 22.3 Å². The first-order valence-electron chi connectivity index (χ1n) is 8.92. The molecular weight excluding hydrogens is 366 g/mol. The number of amides is 1. The van der Waals surface area contributed by atoms with Crippen molar-refractivity contribution in [1.29, 1.82) is 0 Å². The molecule has 1 amide bonds. The minimum atomic E-state index is -0.375. The summed E-state index contributed by atoms with van der Waals surface area (Å²) in [4.78, 5) is 17.5. The van der Waals surface area contributed by atoms with E-state index in [1.807, 2.05) is 54.6 Å². The van der Waals surface area contributed by atoms with E-state index in [1.54, 1.807) is 12.1 Å². The maximum Gasteiger partial charge on any atom is 0.272 e. The molecule has 0 saturated heterocycles. The average molecular weight is 383 g/mol. The van der Waals surface area contributed by atoms with Gasteiger partial charge in [-0.2, -0.15) is 5.10 Å². The fourth-order valence-corrected chi connectivity index (χ4v) is 2.97. The first-order valence-corrected chi connectivity index (χ1v) is 8.92. The van der Waals surface area contributed by atoms with Crippen LogP contribution in [0.3, 0.4) is 0 Å². The molecule has 0 aliphatic carbocycles. The van der Waals surface area contributed by atoms with Crippen molar-refractivity contribution in [1.82, 2.24) is 10.4 Å². The third-order valence-electron chi connectivity index (χ3n) is 4.41. The van der Waals surface area contributed by atoms with Gasteiger partial charge in [-0.15, -0.1) is 0 Å². The van der Waals surface area contributed by atoms with Crippen LogP contribution in [-0.4, -0.2) is 27.3 Å². The molecule has 3 aromatic carbocycles. The maximum atomic E-state index is 12.8. The molecule has 6 heteroatoms. The first kappa shape index (κ1) is 18.2. The van der Waals surface area contributed by atoms with Gasteiger partial charge in [-0.05, 0) is 35.9 Å². The number of para-hydroxylation sites is 1. The smallest absolute Gasteiger partial charge is 0.272 e. The van der Waals surface area contributed by atoms with Gasteiger partial charge in [-0.3, -0.25) is 4.79 Å². The molecule has 0 saturated carbocycles. The first-order chi connectivity index (χ1) is 14.1. The van der Waals surface area contributed by atoms with Gasteiger partial charge in [0.25, 0.3) is 5.91 Å². The maximum absolute atomic E-state index is 12.8. The average Bonchev–Trinajstić information content (AvgIpc) is 2.76. The summed E-state index contributed by atoms with van der Waals surface area (Å²) in [6.45, 7) is 0. The van der Waals surface area contributed by atoms with Gasteiger partial charge >= 0.3 is 0 Å². The molecule has 0 unspecified atom stereocenters. The minimum Gasteiger partial charge on any atom is -0.504 e. The Morgan fingerprint density at radius 1 is 0.897 bits per heavy atom. The summed E-state index contributed by atoms with van der Waals surface area (Å²) >= 11 is 0. The van der Waals surface area contributed by atoms with E-state index in [2.05, 4.69) is 15.5 Å².